The average molecular weight is 599 g/mol. The minimum absolute atomic E-state index is 0.126. The molecule has 5 atom stereocenters. The van der Waals surface area contributed by atoms with Crippen LogP contribution in [0.25, 0.3) is 22.3 Å². The second-order valence-corrected chi connectivity index (χ2v) is 12.2. The summed E-state index contributed by atoms with van der Waals surface area (Å²) in [7, 11) is 3.38. The number of benzene rings is 2. The van der Waals surface area contributed by atoms with Gasteiger partial charge in [0.15, 0.2) is 5.82 Å². The van der Waals surface area contributed by atoms with Crippen molar-refractivity contribution in [2.75, 3.05) is 20.7 Å². The zero-order chi connectivity index (χ0) is 31.0. The summed E-state index contributed by atoms with van der Waals surface area (Å²) in [6.45, 7) is 2.52. The molecule has 0 bridgehead atoms. The van der Waals surface area contributed by atoms with Crippen LogP contribution in [0.4, 0.5) is 0 Å². The fraction of sp³-hybridized carbons (Fsp3) is 0.441. The minimum atomic E-state index is -1.33. The van der Waals surface area contributed by atoms with E-state index in [1.54, 1.807) is 19.1 Å². The van der Waals surface area contributed by atoms with Crippen molar-refractivity contribution in [2.24, 2.45) is 17.8 Å². The molecular formula is C34H38N4O6. The number of hydrogen-bond donors (Lipinski definition) is 2. The molecule has 2 aliphatic carbocycles. The summed E-state index contributed by atoms with van der Waals surface area (Å²) in [4.78, 5) is 51.1. The number of methoxy groups -OCH3 is 1. The molecule has 3 aliphatic rings. The highest BCUT2D eigenvalue weighted by Crippen LogP contribution is 2.46. The largest absolute Gasteiger partial charge is 0.496 e. The van der Waals surface area contributed by atoms with Crippen LogP contribution in [0.3, 0.4) is 0 Å². The van der Waals surface area contributed by atoms with Crippen LogP contribution >= 0.6 is 0 Å². The van der Waals surface area contributed by atoms with E-state index < -0.39 is 35.4 Å². The van der Waals surface area contributed by atoms with E-state index in [4.69, 9.17) is 19.4 Å². The van der Waals surface area contributed by atoms with Gasteiger partial charge in [0.2, 0.25) is 17.7 Å². The lowest BCUT2D eigenvalue weighted by Crippen LogP contribution is -2.49. The van der Waals surface area contributed by atoms with Gasteiger partial charge in [-0.3, -0.25) is 9.59 Å². The highest BCUT2D eigenvalue weighted by molar-refractivity contribution is 5.94. The standard InChI is InChI=1S/C34H38N4O6/c1-20-27(43-3)15-14-24-28(20)35-29(21-11-7-6-8-12-21)36-31(24)44-23-17-25-26(18-23)32(40)38(2)16-10-5-4-9-13-22-19-34(22,33(41)42)37-30(25)39/h6-9,11-15,22-23,25-26H,4-5,10,16-19H2,1-3H3,(H,37,39)(H,41,42)/b13-9-. The number of carboxylic acids is 1. The van der Waals surface area contributed by atoms with Crippen LogP contribution in [0.2, 0.25) is 0 Å². The number of nitrogens with one attached hydrogen (secondary N) is 1. The van der Waals surface area contributed by atoms with Gasteiger partial charge in [0, 0.05) is 30.6 Å². The molecule has 2 N–H and O–H groups in total. The summed E-state index contributed by atoms with van der Waals surface area (Å²) in [5, 5.41) is 13.6. The molecule has 2 heterocycles. The number of nitrogens with zero attached hydrogens (tertiary/aromatic N) is 3. The van der Waals surface area contributed by atoms with Crippen molar-refractivity contribution in [1.82, 2.24) is 20.2 Å². The maximum Gasteiger partial charge on any atom is 0.330 e. The van der Waals surface area contributed by atoms with E-state index in [0.717, 1.165) is 30.4 Å². The Kier molecular flexibility index (Phi) is 8.00. The molecule has 2 fully saturated rings. The molecule has 0 saturated heterocycles. The van der Waals surface area contributed by atoms with Gasteiger partial charge in [-0.15, -0.1) is 0 Å². The van der Waals surface area contributed by atoms with Gasteiger partial charge in [-0.05, 0) is 57.6 Å². The SMILES string of the molecule is COc1ccc2c(OC3CC4C(=O)NC5(C(=O)O)CC5/C=C\CCCCN(C)C(=O)C4C3)nc(-c3ccccc3)nc2c1C. The zero-order valence-electron chi connectivity index (χ0n) is 25.3. The highest BCUT2D eigenvalue weighted by Gasteiger charge is 2.61. The topological polar surface area (TPSA) is 131 Å². The van der Waals surface area contributed by atoms with Crippen molar-refractivity contribution in [3.05, 3.63) is 60.2 Å². The zero-order valence-corrected chi connectivity index (χ0v) is 25.3. The van der Waals surface area contributed by atoms with E-state index in [0.29, 0.717) is 47.7 Å². The molecule has 6 rings (SSSR count). The summed E-state index contributed by atoms with van der Waals surface area (Å²) in [6.07, 6.45) is 6.83. The van der Waals surface area contributed by atoms with E-state index in [9.17, 15) is 19.5 Å². The second kappa shape index (κ2) is 11.9. The van der Waals surface area contributed by atoms with E-state index >= 15 is 0 Å². The number of carbonyl (C=O) groups is 3. The lowest BCUT2D eigenvalue weighted by atomic mass is 9.93. The molecule has 1 aliphatic heterocycles. The van der Waals surface area contributed by atoms with Crippen LogP contribution in [0, 0.1) is 24.7 Å². The van der Waals surface area contributed by atoms with Gasteiger partial charge >= 0.3 is 5.97 Å². The fourth-order valence-electron chi connectivity index (χ4n) is 6.66. The van der Waals surface area contributed by atoms with Gasteiger partial charge in [0.05, 0.1) is 29.8 Å². The normalized spacial score (nSPS) is 27.9. The third-order valence-corrected chi connectivity index (χ3v) is 9.34. The van der Waals surface area contributed by atoms with Crippen molar-refractivity contribution in [2.45, 2.75) is 57.1 Å². The third kappa shape index (κ3) is 5.49. The van der Waals surface area contributed by atoms with Crippen LogP contribution in [0.1, 0.15) is 44.1 Å². The molecule has 230 valence electrons. The summed E-state index contributed by atoms with van der Waals surface area (Å²) in [6, 6.07) is 13.3. The van der Waals surface area contributed by atoms with E-state index in [1.807, 2.05) is 61.5 Å². The number of fused-ring (bicyclic) bond motifs is 3. The molecule has 1 aromatic heterocycles. The predicted octanol–water partition coefficient (Wildman–Crippen LogP) is 4.55. The van der Waals surface area contributed by atoms with Gasteiger partial charge in [0.1, 0.15) is 17.4 Å². The molecule has 10 nitrogen and oxygen atoms in total. The Morgan fingerprint density at radius 2 is 1.84 bits per heavy atom. The molecule has 3 aromatic rings. The number of carboxylic acid groups (broad SMARTS) is 1. The summed E-state index contributed by atoms with van der Waals surface area (Å²) in [5.41, 5.74) is 1.02. The number of aromatic nitrogens is 2. The molecule has 2 aromatic carbocycles. The molecule has 2 amide bonds. The Balaban J connectivity index is 1.34. The molecule has 0 spiro atoms. The van der Waals surface area contributed by atoms with Crippen LogP contribution in [-0.4, -0.2) is 70.1 Å². The first-order valence-electron chi connectivity index (χ1n) is 15.3. The highest BCUT2D eigenvalue weighted by atomic mass is 16.5. The van der Waals surface area contributed by atoms with Gasteiger partial charge in [0.25, 0.3) is 0 Å². The summed E-state index contributed by atoms with van der Waals surface area (Å²) < 4.78 is 12.1. The van der Waals surface area contributed by atoms with Crippen molar-refractivity contribution in [3.8, 4) is 23.0 Å². The number of amides is 2. The second-order valence-electron chi connectivity index (χ2n) is 12.2. The minimum Gasteiger partial charge on any atom is -0.496 e. The van der Waals surface area contributed by atoms with Gasteiger partial charge in [-0.1, -0.05) is 42.5 Å². The van der Waals surface area contributed by atoms with Gasteiger partial charge in [-0.25, -0.2) is 9.78 Å². The molecule has 5 unspecified atom stereocenters. The van der Waals surface area contributed by atoms with Gasteiger partial charge in [-0.2, -0.15) is 4.98 Å². The first kappa shape index (κ1) is 29.6. The van der Waals surface area contributed by atoms with E-state index in [2.05, 4.69) is 5.32 Å². The van der Waals surface area contributed by atoms with Crippen LogP contribution in [0.15, 0.2) is 54.6 Å². The third-order valence-electron chi connectivity index (χ3n) is 9.34. The molecule has 10 heteroatoms. The number of rotatable bonds is 5. The van der Waals surface area contributed by atoms with Gasteiger partial charge < -0.3 is 24.8 Å². The Morgan fingerprint density at radius 1 is 1.07 bits per heavy atom. The monoisotopic (exact) mass is 598 g/mol. The lowest BCUT2D eigenvalue weighted by molar-refractivity contribution is -0.145. The van der Waals surface area contributed by atoms with E-state index in [-0.39, 0.29) is 18.2 Å². The summed E-state index contributed by atoms with van der Waals surface area (Å²) in [5.74, 6) is -1.69. The smallest absolute Gasteiger partial charge is 0.330 e. The van der Waals surface area contributed by atoms with Crippen molar-refractivity contribution >= 4 is 28.7 Å². The van der Waals surface area contributed by atoms with Crippen molar-refractivity contribution in [1.29, 1.82) is 0 Å². The lowest BCUT2D eigenvalue weighted by Gasteiger charge is -2.26. The molecule has 2 saturated carbocycles. The molecule has 44 heavy (non-hydrogen) atoms. The van der Waals surface area contributed by atoms with Crippen LogP contribution in [-0.2, 0) is 14.4 Å². The number of aryl methyl sites for hydroxylation is 1. The fourth-order valence-corrected chi connectivity index (χ4v) is 6.66. The first-order chi connectivity index (χ1) is 21.2. The Hall–Kier alpha value is -4.47. The molecule has 0 radical (unpaired) electrons. The van der Waals surface area contributed by atoms with Crippen LogP contribution in [0.5, 0.6) is 11.6 Å². The maximum absolute atomic E-state index is 13.8. The van der Waals surface area contributed by atoms with E-state index in [1.165, 1.54) is 0 Å². The maximum atomic E-state index is 13.8. The molecular weight excluding hydrogens is 560 g/mol. The number of allylic oxidation sites excluding steroid dienone is 1. The summed E-state index contributed by atoms with van der Waals surface area (Å²) >= 11 is 0. The number of carbonyl (C=O) groups excluding carboxylic acids is 2. The Labute approximate surface area is 256 Å². The predicted molar refractivity (Wildman–Crippen MR) is 164 cm³/mol. The Morgan fingerprint density at radius 3 is 2.59 bits per heavy atom. The van der Waals surface area contributed by atoms with Crippen LogP contribution < -0.4 is 14.8 Å². The average Bonchev–Trinajstić information content (AvgIpc) is 3.56. The number of ether oxygens (including phenoxy) is 2. The Bertz CT molecular complexity index is 1620. The van der Waals surface area contributed by atoms with Crippen molar-refractivity contribution < 1.29 is 29.0 Å². The first-order valence-corrected chi connectivity index (χ1v) is 15.3. The number of aliphatic carboxylic acids is 1. The number of hydrogen-bond acceptors (Lipinski definition) is 7. The van der Waals surface area contributed by atoms with Crippen molar-refractivity contribution in [3.63, 3.8) is 0 Å². The quantitative estimate of drug-likeness (QED) is 0.409.